The van der Waals surface area contributed by atoms with Crippen LogP contribution in [0.4, 0.5) is 0 Å². The van der Waals surface area contributed by atoms with E-state index in [2.05, 4.69) is 130 Å². The third kappa shape index (κ3) is 54.9. The van der Waals surface area contributed by atoms with Crippen LogP contribution in [0.1, 0.15) is 252 Å². The maximum atomic E-state index is 12.7. The second-order valence-electron chi connectivity index (χ2n) is 18.5. The van der Waals surface area contributed by atoms with E-state index in [9.17, 15) is 14.4 Å². The van der Waals surface area contributed by atoms with Gasteiger partial charge in [-0.3, -0.25) is 14.4 Å². The molecule has 69 heavy (non-hydrogen) atoms. The molecule has 0 aromatic carbocycles. The van der Waals surface area contributed by atoms with E-state index in [1.807, 2.05) is 0 Å². The Bertz CT molecular complexity index is 1420. The topological polar surface area (TPSA) is 78.9 Å². The van der Waals surface area contributed by atoms with Crippen molar-refractivity contribution in [2.45, 2.75) is 258 Å². The molecule has 0 aromatic rings. The summed E-state index contributed by atoms with van der Waals surface area (Å²) in [5, 5.41) is 0. The summed E-state index contributed by atoms with van der Waals surface area (Å²) in [6.07, 6.45) is 77.0. The number of carbonyl (C=O) groups is 3. The molecule has 0 aliphatic heterocycles. The number of allylic oxidation sites excluding steroid dienone is 18. The smallest absolute Gasteiger partial charge is 0.306 e. The van der Waals surface area contributed by atoms with E-state index in [1.54, 1.807) is 0 Å². The maximum Gasteiger partial charge on any atom is 0.306 e. The van der Waals surface area contributed by atoms with Crippen molar-refractivity contribution in [3.63, 3.8) is 0 Å². The van der Waals surface area contributed by atoms with E-state index in [0.717, 1.165) is 128 Å². The fourth-order valence-corrected chi connectivity index (χ4v) is 7.55. The van der Waals surface area contributed by atoms with Crippen LogP contribution in [0.25, 0.3) is 0 Å². The molecule has 0 saturated heterocycles. The van der Waals surface area contributed by atoms with Gasteiger partial charge in [-0.1, -0.05) is 252 Å². The number of carbonyl (C=O) groups excluding carboxylic acids is 3. The molecule has 0 bridgehead atoms. The quantitative estimate of drug-likeness (QED) is 0.0262. The average molecular weight is 958 g/mol. The standard InChI is InChI=1S/C63H104O6/c1-4-7-10-13-15-17-19-21-23-24-25-26-27-28-29-30-31-32-33-34-35-36-37-38-40-41-43-45-47-50-53-56-62(65)68-59-60(58-67-61(64)55-52-49-12-9-6-3)69-63(66)57-54-51-48-46-44-42-39-22-20-18-16-14-11-8-5-2/h7,10,15,17,21,23,25-26,28-29,31-32,34-35,37-38,41,43,60H,4-6,8-9,11-14,16,18-20,22,24,27,30,33,36,39-40,42,44-59H2,1-3H3/b10-7-,17-15-,23-21-,26-25-,29-28-,32-31-,35-34-,38-37-,43-41-. The lowest BCUT2D eigenvalue weighted by molar-refractivity contribution is -0.167. The first-order chi connectivity index (χ1) is 34.0. The zero-order valence-corrected chi connectivity index (χ0v) is 44.8. The molecule has 0 fully saturated rings. The minimum Gasteiger partial charge on any atom is -0.462 e. The Morgan fingerprint density at radius 3 is 0.884 bits per heavy atom. The summed E-state index contributed by atoms with van der Waals surface area (Å²) in [5.74, 6) is -0.936. The van der Waals surface area contributed by atoms with Crippen molar-refractivity contribution in [2.75, 3.05) is 13.2 Å². The van der Waals surface area contributed by atoms with E-state index < -0.39 is 6.10 Å². The van der Waals surface area contributed by atoms with Crippen LogP contribution in [-0.2, 0) is 28.6 Å². The van der Waals surface area contributed by atoms with Gasteiger partial charge in [0.05, 0.1) is 0 Å². The van der Waals surface area contributed by atoms with Crippen LogP contribution in [0.5, 0.6) is 0 Å². The largest absolute Gasteiger partial charge is 0.462 e. The molecule has 0 rings (SSSR count). The Morgan fingerprint density at radius 2 is 0.565 bits per heavy atom. The van der Waals surface area contributed by atoms with Crippen molar-refractivity contribution >= 4 is 17.9 Å². The van der Waals surface area contributed by atoms with Gasteiger partial charge in [0.15, 0.2) is 6.10 Å². The summed E-state index contributed by atoms with van der Waals surface area (Å²) in [6.45, 7) is 6.41. The SMILES string of the molecule is CC/C=C\C/C=C\C/C=C\C/C=C\C/C=C\C/C=C\C/C=C\C/C=C\C/C=C\CCCCCC(=O)OCC(COC(=O)CCCCCCC)OC(=O)CCCCCCCCCCCCCCCCC. The summed E-state index contributed by atoms with van der Waals surface area (Å²) in [7, 11) is 0. The zero-order chi connectivity index (χ0) is 50.0. The fraction of sp³-hybridized carbons (Fsp3) is 0.667. The molecule has 0 aromatic heterocycles. The van der Waals surface area contributed by atoms with Gasteiger partial charge in [0.25, 0.3) is 0 Å². The van der Waals surface area contributed by atoms with Gasteiger partial charge in [0, 0.05) is 19.3 Å². The maximum absolute atomic E-state index is 12.7. The highest BCUT2D eigenvalue weighted by atomic mass is 16.6. The lowest BCUT2D eigenvalue weighted by atomic mass is 10.0. The third-order valence-corrected chi connectivity index (χ3v) is 11.8. The molecule has 0 aliphatic rings. The molecular weight excluding hydrogens is 853 g/mol. The summed E-state index contributed by atoms with van der Waals surface area (Å²) >= 11 is 0. The summed E-state index contributed by atoms with van der Waals surface area (Å²) in [5.41, 5.74) is 0. The number of rotatable bonds is 50. The predicted molar refractivity (Wildman–Crippen MR) is 297 cm³/mol. The number of hydrogen-bond acceptors (Lipinski definition) is 6. The molecule has 1 unspecified atom stereocenters. The Labute approximate surface area is 425 Å². The molecule has 0 amide bonds. The molecule has 0 radical (unpaired) electrons. The molecule has 0 heterocycles. The molecular formula is C63H104O6. The number of hydrogen-bond donors (Lipinski definition) is 0. The summed E-state index contributed by atoms with van der Waals surface area (Å²) < 4.78 is 16.7. The Morgan fingerprint density at radius 1 is 0.304 bits per heavy atom. The van der Waals surface area contributed by atoms with Crippen LogP contribution in [0.2, 0.25) is 0 Å². The Hall–Kier alpha value is -3.93. The normalized spacial score (nSPS) is 12.9. The van der Waals surface area contributed by atoms with Crippen LogP contribution >= 0.6 is 0 Å². The van der Waals surface area contributed by atoms with Gasteiger partial charge in [-0.25, -0.2) is 0 Å². The van der Waals surface area contributed by atoms with Crippen molar-refractivity contribution in [3.8, 4) is 0 Å². The highest BCUT2D eigenvalue weighted by Gasteiger charge is 2.19. The number of esters is 3. The second-order valence-corrected chi connectivity index (χ2v) is 18.5. The van der Waals surface area contributed by atoms with E-state index in [4.69, 9.17) is 14.2 Å². The van der Waals surface area contributed by atoms with E-state index in [0.29, 0.717) is 19.3 Å². The highest BCUT2D eigenvalue weighted by molar-refractivity contribution is 5.71. The second kappa shape index (κ2) is 56.7. The van der Waals surface area contributed by atoms with Crippen molar-refractivity contribution < 1.29 is 28.6 Å². The Kier molecular flexibility index (Phi) is 53.4. The molecule has 0 spiro atoms. The molecule has 6 heteroatoms. The molecule has 0 saturated carbocycles. The van der Waals surface area contributed by atoms with Gasteiger partial charge >= 0.3 is 17.9 Å². The average Bonchev–Trinajstić information content (AvgIpc) is 3.35. The van der Waals surface area contributed by atoms with Gasteiger partial charge in [-0.2, -0.15) is 0 Å². The van der Waals surface area contributed by atoms with Gasteiger partial charge in [0.2, 0.25) is 0 Å². The van der Waals surface area contributed by atoms with Crippen molar-refractivity contribution in [1.82, 2.24) is 0 Å². The van der Waals surface area contributed by atoms with E-state index >= 15 is 0 Å². The van der Waals surface area contributed by atoms with Crippen LogP contribution in [0.15, 0.2) is 109 Å². The predicted octanol–water partition coefficient (Wildman–Crippen LogP) is 19.1. The minimum atomic E-state index is -0.787. The van der Waals surface area contributed by atoms with Crippen LogP contribution in [-0.4, -0.2) is 37.2 Å². The van der Waals surface area contributed by atoms with Gasteiger partial charge < -0.3 is 14.2 Å². The van der Waals surface area contributed by atoms with Gasteiger partial charge in [-0.15, -0.1) is 0 Å². The van der Waals surface area contributed by atoms with Crippen molar-refractivity contribution in [1.29, 1.82) is 0 Å². The lowest BCUT2D eigenvalue weighted by Crippen LogP contribution is -2.30. The zero-order valence-electron chi connectivity index (χ0n) is 44.8. The van der Waals surface area contributed by atoms with Crippen molar-refractivity contribution in [3.05, 3.63) is 109 Å². The first kappa shape index (κ1) is 65.1. The summed E-state index contributed by atoms with van der Waals surface area (Å²) in [4.78, 5) is 37.7. The van der Waals surface area contributed by atoms with Crippen LogP contribution in [0.3, 0.4) is 0 Å². The molecule has 0 N–H and O–H groups in total. The van der Waals surface area contributed by atoms with Crippen molar-refractivity contribution in [2.24, 2.45) is 0 Å². The first-order valence-corrected chi connectivity index (χ1v) is 28.4. The molecule has 1 atom stereocenters. The molecule has 6 nitrogen and oxygen atoms in total. The number of unbranched alkanes of at least 4 members (excludes halogenated alkanes) is 21. The Balaban J connectivity index is 4.17. The lowest BCUT2D eigenvalue weighted by Gasteiger charge is -2.18. The fourth-order valence-electron chi connectivity index (χ4n) is 7.55. The first-order valence-electron chi connectivity index (χ1n) is 28.4. The molecule has 392 valence electrons. The van der Waals surface area contributed by atoms with Crippen LogP contribution < -0.4 is 0 Å². The monoisotopic (exact) mass is 957 g/mol. The number of ether oxygens (including phenoxy) is 3. The van der Waals surface area contributed by atoms with E-state index in [1.165, 1.54) is 83.5 Å². The van der Waals surface area contributed by atoms with Gasteiger partial charge in [0.1, 0.15) is 13.2 Å². The van der Waals surface area contributed by atoms with Gasteiger partial charge in [-0.05, 0) is 89.9 Å². The summed E-state index contributed by atoms with van der Waals surface area (Å²) in [6, 6.07) is 0. The van der Waals surface area contributed by atoms with Crippen LogP contribution in [0, 0.1) is 0 Å². The minimum absolute atomic E-state index is 0.0883. The van der Waals surface area contributed by atoms with E-state index in [-0.39, 0.29) is 31.1 Å². The highest BCUT2D eigenvalue weighted by Crippen LogP contribution is 2.15. The molecule has 0 aliphatic carbocycles. The third-order valence-electron chi connectivity index (χ3n) is 11.8.